The van der Waals surface area contributed by atoms with Gasteiger partial charge < -0.3 is 10.3 Å². The van der Waals surface area contributed by atoms with Crippen molar-refractivity contribution in [3.8, 4) is 11.3 Å². The van der Waals surface area contributed by atoms with Crippen LogP contribution in [0.15, 0.2) is 36.7 Å². The maximum absolute atomic E-state index is 5.74. The van der Waals surface area contributed by atoms with Crippen LogP contribution in [0, 0.1) is 6.92 Å². The highest BCUT2D eigenvalue weighted by Gasteiger charge is 2.14. The van der Waals surface area contributed by atoms with Crippen LogP contribution in [-0.4, -0.2) is 14.5 Å². The molecule has 0 aliphatic carbocycles. The molecule has 0 saturated heterocycles. The molecule has 2 aromatic heterocycles. The van der Waals surface area contributed by atoms with Crippen LogP contribution in [0.2, 0.25) is 0 Å². The van der Waals surface area contributed by atoms with E-state index in [0.29, 0.717) is 5.82 Å². The number of aromatic nitrogens is 3. The Morgan fingerprint density at radius 1 is 1.17 bits per heavy atom. The van der Waals surface area contributed by atoms with Crippen LogP contribution >= 0.6 is 0 Å². The van der Waals surface area contributed by atoms with Gasteiger partial charge in [0.05, 0.1) is 5.69 Å². The maximum atomic E-state index is 5.74. The summed E-state index contributed by atoms with van der Waals surface area (Å²) in [5.74, 6) is 0.493. The van der Waals surface area contributed by atoms with E-state index in [1.54, 1.807) is 0 Å². The number of hydrogen-bond donors (Lipinski definition) is 1. The number of nitrogens with two attached hydrogens (primary N) is 1. The topological polar surface area (TPSA) is 56.7 Å². The summed E-state index contributed by atoms with van der Waals surface area (Å²) in [6.45, 7) is 2.09. The van der Waals surface area contributed by atoms with Crippen molar-refractivity contribution in [2.75, 3.05) is 5.73 Å². The molecule has 2 N–H and O–H groups in total. The molecule has 3 aromatic rings. The highest BCUT2D eigenvalue weighted by Crippen LogP contribution is 2.32. The zero-order valence-electron chi connectivity index (χ0n) is 10.4. The van der Waals surface area contributed by atoms with E-state index in [0.717, 1.165) is 11.3 Å². The minimum absolute atomic E-state index is 0.493. The summed E-state index contributed by atoms with van der Waals surface area (Å²) in [6.07, 6.45) is 1.51. The molecule has 0 spiro atoms. The number of nitrogens with zero attached hydrogens (tertiary/aromatic N) is 3. The van der Waals surface area contributed by atoms with Crippen LogP contribution in [0.4, 0.5) is 5.82 Å². The number of fused-ring (bicyclic) bond motifs is 1. The van der Waals surface area contributed by atoms with E-state index in [1.807, 2.05) is 18.2 Å². The van der Waals surface area contributed by atoms with E-state index < -0.39 is 0 Å². The highest BCUT2D eigenvalue weighted by atomic mass is 15.0. The monoisotopic (exact) mass is 238 g/mol. The van der Waals surface area contributed by atoms with Gasteiger partial charge in [0.25, 0.3) is 0 Å². The van der Waals surface area contributed by atoms with Crippen molar-refractivity contribution in [3.63, 3.8) is 0 Å². The molecule has 18 heavy (non-hydrogen) atoms. The minimum atomic E-state index is 0.493. The van der Waals surface area contributed by atoms with Crippen molar-refractivity contribution in [1.82, 2.24) is 14.5 Å². The number of rotatable bonds is 1. The van der Waals surface area contributed by atoms with Crippen molar-refractivity contribution in [3.05, 3.63) is 42.4 Å². The fourth-order valence-electron chi connectivity index (χ4n) is 2.35. The van der Waals surface area contributed by atoms with Gasteiger partial charge >= 0.3 is 0 Å². The third kappa shape index (κ3) is 1.46. The zero-order valence-corrected chi connectivity index (χ0v) is 10.4. The van der Waals surface area contributed by atoms with Crippen LogP contribution < -0.4 is 5.73 Å². The van der Waals surface area contributed by atoms with E-state index in [1.165, 1.54) is 22.9 Å². The first-order chi connectivity index (χ1) is 8.68. The number of anilines is 1. The van der Waals surface area contributed by atoms with Crippen molar-refractivity contribution < 1.29 is 0 Å². The van der Waals surface area contributed by atoms with Crippen molar-refractivity contribution in [2.24, 2.45) is 7.05 Å². The van der Waals surface area contributed by atoms with Gasteiger partial charge in [-0.3, -0.25) is 0 Å². The number of hydrogen-bond acceptors (Lipinski definition) is 3. The van der Waals surface area contributed by atoms with Crippen LogP contribution in [0.3, 0.4) is 0 Å². The van der Waals surface area contributed by atoms with E-state index >= 15 is 0 Å². The number of para-hydroxylation sites is 1. The van der Waals surface area contributed by atoms with Gasteiger partial charge in [-0.2, -0.15) is 0 Å². The standard InChI is InChI=1S/C14H14N4/c1-9-14(11-7-13(15)17-8-16-11)10-5-3-4-6-12(10)18(9)2/h3-8H,1-2H3,(H2,15,16,17). The summed E-state index contributed by atoms with van der Waals surface area (Å²) >= 11 is 0. The first kappa shape index (κ1) is 10.8. The first-order valence-corrected chi connectivity index (χ1v) is 5.80. The molecular formula is C14H14N4. The molecule has 0 atom stereocenters. The third-order valence-electron chi connectivity index (χ3n) is 3.34. The van der Waals surface area contributed by atoms with Crippen LogP contribution in [0.25, 0.3) is 22.2 Å². The molecule has 0 saturated carbocycles. The van der Waals surface area contributed by atoms with Gasteiger partial charge in [0.1, 0.15) is 12.1 Å². The maximum Gasteiger partial charge on any atom is 0.127 e. The number of aryl methyl sites for hydroxylation is 1. The van der Waals surface area contributed by atoms with Crippen molar-refractivity contribution in [1.29, 1.82) is 0 Å². The van der Waals surface area contributed by atoms with Crippen LogP contribution in [-0.2, 0) is 7.05 Å². The van der Waals surface area contributed by atoms with Crippen molar-refractivity contribution in [2.45, 2.75) is 6.92 Å². The normalized spacial score (nSPS) is 11.0. The molecule has 1 aromatic carbocycles. The third-order valence-corrected chi connectivity index (χ3v) is 3.34. The predicted molar refractivity (Wildman–Crippen MR) is 73.1 cm³/mol. The van der Waals surface area contributed by atoms with Gasteiger partial charge in [-0.05, 0) is 13.0 Å². The lowest BCUT2D eigenvalue weighted by atomic mass is 10.1. The largest absolute Gasteiger partial charge is 0.384 e. The van der Waals surface area contributed by atoms with E-state index in [-0.39, 0.29) is 0 Å². The second kappa shape index (κ2) is 3.84. The van der Waals surface area contributed by atoms with Gasteiger partial charge in [0, 0.05) is 35.3 Å². The first-order valence-electron chi connectivity index (χ1n) is 5.80. The van der Waals surface area contributed by atoms with Gasteiger partial charge in [0.2, 0.25) is 0 Å². The van der Waals surface area contributed by atoms with E-state index in [2.05, 4.69) is 40.6 Å². The fraction of sp³-hybridized carbons (Fsp3) is 0.143. The molecule has 4 heteroatoms. The number of nitrogen functional groups attached to an aromatic ring is 1. The average Bonchev–Trinajstić information content (AvgIpc) is 2.63. The quantitative estimate of drug-likeness (QED) is 0.708. The SMILES string of the molecule is Cc1c(-c2cc(N)ncn2)c2ccccc2n1C. The summed E-state index contributed by atoms with van der Waals surface area (Å²) in [6, 6.07) is 10.1. The Labute approximate surface area is 105 Å². The summed E-state index contributed by atoms with van der Waals surface area (Å²) in [4.78, 5) is 8.27. The Bertz CT molecular complexity index is 728. The molecule has 0 unspecified atom stereocenters. The Balaban J connectivity index is 2.39. The molecular weight excluding hydrogens is 224 g/mol. The molecule has 2 heterocycles. The second-order valence-electron chi connectivity index (χ2n) is 4.36. The summed E-state index contributed by atoms with van der Waals surface area (Å²) in [7, 11) is 2.06. The van der Waals surface area contributed by atoms with Crippen LogP contribution in [0.1, 0.15) is 5.69 Å². The minimum Gasteiger partial charge on any atom is -0.384 e. The lowest BCUT2D eigenvalue weighted by Gasteiger charge is -2.02. The lowest BCUT2D eigenvalue weighted by molar-refractivity contribution is 0.918. The molecule has 4 nitrogen and oxygen atoms in total. The highest BCUT2D eigenvalue weighted by molar-refractivity contribution is 5.97. The molecule has 0 amide bonds. The predicted octanol–water partition coefficient (Wildman–Crippen LogP) is 2.53. The van der Waals surface area contributed by atoms with Gasteiger partial charge in [-0.1, -0.05) is 18.2 Å². The van der Waals surface area contributed by atoms with Gasteiger partial charge in [-0.25, -0.2) is 9.97 Å². The van der Waals surface area contributed by atoms with E-state index in [9.17, 15) is 0 Å². The lowest BCUT2D eigenvalue weighted by Crippen LogP contribution is -1.94. The Morgan fingerprint density at radius 2 is 1.94 bits per heavy atom. The number of benzene rings is 1. The van der Waals surface area contributed by atoms with Crippen molar-refractivity contribution >= 4 is 16.7 Å². The smallest absolute Gasteiger partial charge is 0.127 e. The molecule has 0 bridgehead atoms. The fourth-order valence-corrected chi connectivity index (χ4v) is 2.35. The molecule has 0 fully saturated rings. The van der Waals surface area contributed by atoms with Crippen LogP contribution in [0.5, 0.6) is 0 Å². The second-order valence-corrected chi connectivity index (χ2v) is 4.36. The average molecular weight is 238 g/mol. The Hall–Kier alpha value is -2.36. The summed E-state index contributed by atoms with van der Waals surface area (Å²) in [5.41, 5.74) is 10.1. The Kier molecular flexibility index (Phi) is 2.30. The molecule has 90 valence electrons. The van der Waals surface area contributed by atoms with Gasteiger partial charge in [0.15, 0.2) is 0 Å². The molecule has 0 radical (unpaired) electrons. The summed E-state index contributed by atoms with van der Waals surface area (Å²) in [5, 5.41) is 1.19. The Morgan fingerprint density at radius 3 is 2.72 bits per heavy atom. The van der Waals surface area contributed by atoms with E-state index in [4.69, 9.17) is 5.73 Å². The molecule has 0 aliphatic rings. The van der Waals surface area contributed by atoms with Gasteiger partial charge in [-0.15, -0.1) is 0 Å². The molecule has 0 aliphatic heterocycles. The molecule has 3 rings (SSSR count). The zero-order chi connectivity index (χ0) is 12.7. The summed E-state index contributed by atoms with van der Waals surface area (Å²) < 4.78 is 2.17.